The van der Waals surface area contributed by atoms with Crippen molar-refractivity contribution in [1.29, 1.82) is 0 Å². The first-order valence-electron chi connectivity index (χ1n) is 6.49. The van der Waals surface area contributed by atoms with Crippen molar-refractivity contribution in [2.24, 2.45) is 0 Å². The summed E-state index contributed by atoms with van der Waals surface area (Å²) in [4.78, 5) is 8.11. The van der Waals surface area contributed by atoms with Gasteiger partial charge in [-0.15, -0.1) is 22.7 Å². The van der Waals surface area contributed by atoms with Crippen molar-refractivity contribution in [1.82, 2.24) is 4.98 Å². The molecule has 0 amide bonds. The molecule has 0 radical (unpaired) electrons. The Morgan fingerprint density at radius 2 is 2.15 bits per heavy atom. The molecule has 0 saturated carbocycles. The summed E-state index contributed by atoms with van der Waals surface area (Å²) in [5, 5.41) is 3.18. The van der Waals surface area contributed by atoms with E-state index in [0.29, 0.717) is 6.04 Å². The van der Waals surface area contributed by atoms with Crippen molar-refractivity contribution in [3.05, 3.63) is 39.5 Å². The highest BCUT2D eigenvalue weighted by molar-refractivity contribution is 7.18. The lowest BCUT2D eigenvalue weighted by atomic mass is 10.2. The third kappa shape index (κ3) is 2.27. The van der Waals surface area contributed by atoms with E-state index in [0.717, 1.165) is 26.6 Å². The number of hydrogen-bond acceptors (Lipinski definition) is 5. The number of benzene rings is 1. The zero-order valence-electron chi connectivity index (χ0n) is 11.8. The van der Waals surface area contributed by atoms with E-state index in [1.165, 1.54) is 4.88 Å². The Kier molecular flexibility index (Phi) is 3.40. The quantitative estimate of drug-likeness (QED) is 0.727. The largest absolute Gasteiger partial charge is 0.397 e. The Bertz CT molecular complexity index is 731. The van der Waals surface area contributed by atoms with Gasteiger partial charge in [0.05, 0.1) is 32.6 Å². The number of thiophene rings is 1. The molecule has 1 unspecified atom stereocenters. The SMILES string of the molecule is Cc1nc2cc(N(C)C(C)c3cccs3)c(N)cc2s1. The molecule has 5 heteroatoms. The highest BCUT2D eigenvalue weighted by Gasteiger charge is 2.16. The Balaban J connectivity index is 2.02. The number of anilines is 2. The van der Waals surface area contributed by atoms with E-state index in [9.17, 15) is 0 Å². The van der Waals surface area contributed by atoms with Gasteiger partial charge in [0.25, 0.3) is 0 Å². The van der Waals surface area contributed by atoms with Crippen LogP contribution < -0.4 is 10.6 Å². The molecule has 2 aromatic heterocycles. The summed E-state index contributed by atoms with van der Waals surface area (Å²) < 4.78 is 1.15. The van der Waals surface area contributed by atoms with E-state index in [1.807, 2.05) is 13.0 Å². The predicted molar refractivity (Wildman–Crippen MR) is 89.9 cm³/mol. The molecule has 0 aliphatic carbocycles. The summed E-state index contributed by atoms with van der Waals surface area (Å²) in [5.74, 6) is 0. The fourth-order valence-electron chi connectivity index (χ4n) is 2.33. The number of nitrogens with zero attached hydrogens (tertiary/aromatic N) is 2. The third-order valence-electron chi connectivity index (χ3n) is 3.56. The van der Waals surface area contributed by atoms with E-state index >= 15 is 0 Å². The van der Waals surface area contributed by atoms with Crippen molar-refractivity contribution < 1.29 is 0 Å². The van der Waals surface area contributed by atoms with E-state index in [2.05, 4.69) is 47.4 Å². The zero-order valence-corrected chi connectivity index (χ0v) is 13.4. The second-order valence-electron chi connectivity index (χ2n) is 4.91. The van der Waals surface area contributed by atoms with Crippen LogP contribution in [-0.4, -0.2) is 12.0 Å². The summed E-state index contributed by atoms with van der Waals surface area (Å²) in [7, 11) is 2.08. The first-order valence-corrected chi connectivity index (χ1v) is 8.19. The van der Waals surface area contributed by atoms with Gasteiger partial charge in [-0.25, -0.2) is 4.98 Å². The van der Waals surface area contributed by atoms with E-state index in [4.69, 9.17) is 5.73 Å². The van der Waals surface area contributed by atoms with Crippen LogP contribution in [-0.2, 0) is 0 Å². The Morgan fingerprint density at radius 1 is 1.35 bits per heavy atom. The fraction of sp³-hybridized carbons (Fsp3) is 0.267. The van der Waals surface area contributed by atoms with Gasteiger partial charge in [0, 0.05) is 11.9 Å². The molecule has 1 atom stereocenters. The number of nitrogens with two attached hydrogens (primary N) is 1. The van der Waals surface area contributed by atoms with Gasteiger partial charge in [-0.1, -0.05) is 6.07 Å². The second-order valence-corrected chi connectivity index (χ2v) is 7.13. The van der Waals surface area contributed by atoms with Crippen LogP contribution in [0.4, 0.5) is 11.4 Å². The minimum absolute atomic E-state index is 0.300. The number of aryl methyl sites for hydroxylation is 1. The molecule has 20 heavy (non-hydrogen) atoms. The minimum atomic E-state index is 0.300. The molecule has 3 aromatic rings. The lowest BCUT2D eigenvalue weighted by Gasteiger charge is -2.27. The van der Waals surface area contributed by atoms with E-state index in [1.54, 1.807) is 22.7 Å². The minimum Gasteiger partial charge on any atom is -0.397 e. The molecule has 2 N–H and O–H groups in total. The van der Waals surface area contributed by atoms with Crippen LogP contribution in [0.5, 0.6) is 0 Å². The number of hydrogen-bond donors (Lipinski definition) is 1. The summed E-state index contributed by atoms with van der Waals surface area (Å²) in [5.41, 5.74) is 9.12. The molecule has 0 bridgehead atoms. The lowest BCUT2D eigenvalue weighted by Crippen LogP contribution is -2.21. The molecule has 104 valence electrons. The first-order chi connectivity index (χ1) is 9.56. The highest BCUT2D eigenvalue weighted by Crippen LogP contribution is 2.35. The van der Waals surface area contributed by atoms with Crippen LogP contribution in [0.3, 0.4) is 0 Å². The molecule has 0 aliphatic rings. The van der Waals surface area contributed by atoms with Gasteiger partial charge in [0.2, 0.25) is 0 Å². The molecule has 0 saturated heterocycles. The van der Waals surface area contributed by atoms with Gasteiger partial charge < -0.3 is 10.6 Å². The maximum atomic E-state index is 6.23. The number of aromatic nitrogens is 1. The molecule has 0 spiro atoms. The number of thiazole rings is 1. The van der Waals surface area contributed by atoms with Gasteiger partial charge in [-0.05, 0) is 37.4 Å². The third-order valence-corrected chi connectivity index (χ3v) is 5.54. The van der Waals surface area contributed by atoms with Crippen molar-refractivity contribution >= 4 is 44.3 Å². The maximum absolute atomic E-state index is 6.23. The Hall–Kier alpha value is -1.59. The highest BCUT2D eigenvalue weighted by atomic mass is 32.1. The van der Waals surface area contributed by atoms with Crippen molar-refractivity contribution in [2.45, 2.75) is 19.9 Å². The molecular weight excluding hydrogens is 286 g/mol. The summed E-state index contributed by atoms with van der Waals surface area (Å²) in [6.45, 7) is 4.22. The maximum Gasteiger partial charge on any atom is 0.0907 e. The predicted octanol–water partition coefficient (Wildman–Crippen LogP) is 4.45. The topological polar surface area (TPSA) is 42.2 Å². The molecule has 1 aromatic carbocycles. The normalized spacial score (nSPS) is 12.8. The standard InChI is InChI=1S/C15H17N3S2/c1-9(14-5-4-6-19-14)18(3)13-8-12-15(7-11(13)16)20-10(2)17-12/h4-9H,16H2,1-3H3. The van der Waals surface area contributed by atoms with Crippen LogP contribution in [0.25, 0.3) is 10.2 Å². The fourth-order valence-corrected chi connectivity index (χ4v) is 4.01. The van der Waals surface area contributed by atoms with E-state index < -0.39 is 0 Å². The molecule has 0 aliphatic heterocycles. The van der Waals surface area contributed by atoms with Crippen LogP contribution >= 0.6 is 22.7 Å². The lowest BCUT2D eigenvalue weighted by molar-refractivity contribution is 0.755. The van der Waals surface area contributed by atoms with Gasteiger partial charge in [0.1, 0.15) is 0 Å². The first kappa shape index (κ1) is 13.4. The van der Waals surface area contributed by atoms with Crippen molar-refractivity contribution in [2.75, 3.05) is 17.7 Å². The van der Waals surface area contributed by atoms with Crippen molar-refractivity contribution in [3.8, 4) is 0 Å². The zero-order chi connectivity index (χ0) is 14.3. The second kappa shape index (κ2) is 5.07. The average Bonchev–Trinajstić information content (AvgIpc) is 3.04. The van der Waals surface area contributed by atoms with Crippen molar-refractivity contribution in [3.63, 3.8) is 0 Å². The average molecular weight is 303 g/mol. The molecule has 2 heterocycles. The molecule has 3 nitrogen and oxygen atoms in total. The number of rotatable bonds is 3. The van der Waals surface area contributed by atoms with Crippen LogP contribution in [0.1, 0.15) is 22.9 Å². The van der Waals surface area contributed by atoms with Gasteiger partial charge in [-0.3, -0.25) is 0 Å². The monoisotopic (exact) mass is 303 g/mol. The number of fused-ring (bicyclic) bond motifs is 1. The number of nitrogen functional groups attached to an aromatic ring is 1. The summed E-state index contributed by atoms with van der Waals surface area (Å²) >= 11 is 3.46. The summed E-state index contributed by atoms with van der Waals surface area (Å²) in [6, 6.07) is 8.67. The molecule has 0 fully saturated rings. The smallest absolute Gasteiger partial charge is 0.0907 e. The van der Waals surface area contributed by atoms with Crippen LogP contribution in [0.15, 0.2) is 29.6 Å². The Morgan fingerprint density at radius 3 is 2.85 bits per heavy atom. The van der Waals surface area contributed by atoms with E-state index in [-0.39, 0.29) is 0 Å². The van der Waals surface area contributed by atoms with Crippen LogP contribution in [0.2, 0.25) is 0 Å². The molecular formula is C15H17N3S2. The summed E-state index contributed by atoms with van der Waals surface area (Å²) in [6.07, 6.45) is 0. The van der Waals surface area contributed by atoms with Gasteiger partial charge in [-0.2, -0.15) is 0 Å². The Labute approximate surface area is 126 Å². The molecule has 3 rings (SSSR count). The van der Waals surface area contributed by atoms with Crippen LogP contribution in [0, 0.1) is 6.92 Å². The van der Waals surface area contributed by atoms with Gasteiger partial charge >= 0.3 is 0 Å². The van der Waals surface area contributed by atoms with Gasteiger partial charge in [0.15, 0.2) is 0 Å².